The number of carbonyl (C=O) groups is 3. The van der Waals surface area contributed by atoms with Gasteiger partial charge in [0.2, 0.25) is 0 Å². The predicted molar refractivity (Wildman–Crippen MR) is 156 cm³/mol. The quantitative estimate of drug-likeness (QED) is 0.110. The fourth-order valence-corrected chi connectivity index (χ4v) is 3.70. The predicted octanol–water partition coefficient (Wildman–Crippen LogP) is 5.91. The molecular formula is C32H25N3O6. The van der Waals surface area contributed by atoms with Crippen LogP contribution in [-0.4, -0.2) is 29.6 Å². The van der Waals surface area contributed by atoms with E-state index in [-0.39, 0.29) is 17.2 Å². The highest BCUT2D eigenvalue weighted by Crippen LogP contribution is 2.17. The minimum atomic E-state index is -0.619. The Bertz CT molecular complexity index is 1610. The van der Waals surface area contributed by atoms with Crippen molar-refractivity contribution in [1.29, 1.82) is 0 Å². The lowest BCUT2D eigenvalue weighted by atomic mass is 10.1. The number of nitro benzene ring substituents is 1. The molecule has 0 fully saturated rings. The Hall–Kier alpha value is -5.83. The molecule has 4 aromatic carbocycles. The Morgan fingerprint density at radius 1 is 0.780 bits per heavy atom. The van der Waals surface area contributed by atoms with Gasteiger partial charge in [-0.1, -0.05) is 36.4 Å². The van der Waals surface area contributed by atoms with Gasteiger partial charge >= 0.3 is 0 Å². The Morgan fingerprint density at radius 2 is 1.41 bits per heavy atom. The van der Waals surface area contributed by atoms with Gasteiger partial charge in [0.1, 0.15) is 11.4 Å². The summed E-state index contributed by atoms with van der Waals surface area (Å²) in [6, 6.07) is 27.5. The molecule has 2 amide bonds. The van der Waals surface area contributed by atoms with Gasteiger partial charge in [-0.2, -0.15) is 0 Å². The molecule has 4 aromatic rings. The molecule has 0 aliphatic rings. The normalized spacial score (nSPS) is 11.1. The summed E-state index contributed by atoms with van der Waals surface area (Å²) in [5.74, 6) is -0.617. The summed E-state index contributed by atoms with van der Waals surface area (Å²) in [4.78, 5) is 49.0. The average molecular weight is 548 g/mol. The number of allylic oxidation sites excluding steroid dienone is 1. The minimum Gasteiger partial charge on any atom is -0.497 e. The summed E-state index contributed by atoms with van der Waals surface area (Å²) in [7, 11) is 1.58. The van der Waals surface area contributed by atoms with Crippen molar-refractivity contribution >= 4 is 41.1 Å². The smallest absolute Gasteiger partial charge is 0.272 e. The molecule has 0 saturated carbocycles. The molecule has 0 heterocycles. The lowest BCUT2D eigenvalue weighted by Crippen LogP contribution is -2.30. The van der Waals surface area contributed by atoms with Gasteiger partial charge < -0.3 is 15.4 Å². The maximum absolute atomic E-state index is 13.2. The van der Waals surface area contributed by atoms with Crippen LogP contribution in [0.5, 0.6) is 5.75 Å². The second kappa shape index (κ2) is 13.3. The number of nitrogens with zero attached hydrogens (tertiary/aromatic N) is 1. The molecule has 0 radical (unpaired) electrons. The van der Waals surface area contributed by atoms with Crippen molar-refractivity contribution < 1.29 is 24.0 Å². The summed E-state index contributed by atoms with van der Waals surface area (Å²) < 4.78 is 5.13. The Labute approximate surface area is 235 Å². The van der Waals surface area contributed by atoms with Crippen molar-refractivity contribution in [3.05, 3.63) is 147 Å². The van der Waals surface area contributed by atoms with Crippen LogP contribution in [0.1, 0.15) is 31.8 Å². The molecule has 9 nitrogen and oxygen atoms in total. The van der Waals surface area contributed by atoms with Crippen LogP contribution >= 0.6 is 0 Å². The Morgan fingerprint density at radius 3 is 2.02 bits per heavy atom. The summed E-state index contributed by atoms with van der Waals surface area (Å²) in [5, 5.41) is 16.3. The van der Waals surface area contributed by atoms with Crippen molar-refractivity contribution in [1.82, 2.24) is 5.32 Å². The van der Waals surface area contributed by atoms with Crippen LogP contribution in [0.15, 0.2) is 115 Å². The van der Waals surface area contributed by atoms with E-state index in [9.17, 15) is 24.5 Å². The summed E-state index contributed by atoms with van der Waals surface area (Å²) in [6.07, 6.45) is 4.57. The molecule has 0 atom stereocenters. The molecule has 9 heteroatoms. The van der Waals surface area contributed by atoms with E-state index in [2.05, 4.69) is 10.6 Å². The number of carbonyl (C=O) groups excluding carboxylic acids is 3. The average Bonchev–Trinajstić information content (AvgIpc) is 3.00. The molecule has 204 valence electrons. The maximum atomic E-state index is 13.2. The number of nitrogens with one attached hydrogen (secondary N) is 2. The fraction of sp³-hybridized carbons (Fsp3) is 0.0312. The van der Waals surface area contributed by atoms with Crippen LogP contribution in [-0.2, 0) is 4.79 Å². The Kier molecular flexibility index (Phi) is 9.14. The number of methoxy groups -OCH3 is 1. The lowest BCUT2D eigenvalue weighted by molar-refractivity contribution is -0.384. The fourth-order valence-electron chi connectivity index (χ4n) is 3.70. The first-order valence-electron chi connectivity index (χ1n) is 12.4. The van der Waals surface area contributed by atoms with Gasteiger partial charge in [0, 0.05) is 28.9 Å². The largest absolute Gasteiger partial charge is 0.497 e. The number of anilines is 1. The highest BCUT2D eigenvalue weighted by atomic mass is 16.6. The zero-order valence-corrected chi connectivity index (χ0v) is 21.9. The number of nitro groups is 1. The zero-order chi connectivity index (χ0) is 29.2. The van der Waals surface area contributed by atoms with Gasteiger partial charge in [-0.05, 0) is 83.9 Å². The third kappa shape index (κ3) is 7.84. The molecule has 0 saturated heterocycles. The van der Waals surface area contributed by atoms with Crippen LogP contribution in [0.25, 0.3) is 12.2 Å². The van der Waals surface area contributed by atoms with Gasteiger partial charge in [0.15, 0.2) is 5.78 Å². The molecule has 0 aromatic heterocycles. The van der Waals surface area contributed by atoms with E-state index >= 15 is 0 Å². The molecular weight excluding hydrogens is 522 g/mol. The summed E-state index contributed by atoms with van der Waals surface area (Å²) >= 11 is 0. The first-order valence-corrected chi connectivity index (χ1v) is 12.4. The van der Waals surface area contributed by atoms with E-state index in [1.54, 1.807) is 79.9 Å². The maximum Gasteiger partial charge on any atom is 0.272 e. The van der Waals surface area contributed by atoms with Crippen molar-refractivity contribution in [2.24, 2.45) is 0 Å². The van der Waals surface area contributed by atoms with E-state index in [1.165, 1.54) is 36.4 Å². The third-order valence-corrected chi connectivity index (χ3v) is 5.91. The molecule has 41 heavy (non-hydrogen) atoms. The van der Waals surface area contributed by atoms with E-state index in [1.807, 2.05) is 12.1 Å². The van der Waals surface area contributed by atoms with E-state index in [0.29, 0.717) is 22.4 Å². The standard InChI is InChI=1S/C32H25N3O6/c1-41-28-18-9-22(10-19-28)11-20-30(36)24-12-14-26(15-13-24)33-32(38)29(34-31(37)25-5-3-2-4-6-25)21-23-7-16-27(17-8-23)35(39)40/h2-21H,1H3,(H,33,38)(H,34,37)/b20-11+,29-21-. The first kappa shape index (κ1) is 28.2. The van der Waals surface area contributed by atoms with Crippen molar-refractivity contribution in [3.63, 3.8) is 0 Å². The first-order chi connectivity index (χ1) is 19.8. The molecule has 0 aliphatic carbocycles. The van der Waals surface area contributed by atoms with Gasteiger partial charge in [0.25, 0.3) is 17.5 Å². The van der Waals surface area contributed by atoms with Gasteiger partial charge in [-0.15, -0.1) is 0 Å². The minimum absolute atomic E-state index is 0.0738. The zero-order valence-electron chi connectivity index (χ0n) is 21.9. The monoisotopic (exact) mass is 547 g/mol. The number of hydrogen-bond donors (Lipinski definition) is 2. The number of non-ortho nitro benzene ring substituents is 1. The van der Waals surface area contributed by atoms with E-state index in [4.69, 9.17) is 4.74 Å². The van der Waals surface area contributed by atoms with E-state index in [0.717, 1.165) is 11.3 Å². The van der Waals surface area contributed by atoms with Crippen LogP contribution in [0.3, 0.4) is 0 Å². The number of benzene rings is 4. The van der Waals surface area contributed by atoms with Gasteiger partial charge in [0.05, 0.1) is 12.0 Å². The highest BCUT2D eigenvalue weighted by molar-refractivity contribution is 6.11. The van der Waals surface area contributed by atoms with Crippen LogP contribution in [0.4, 0.5) is 11.4 Å². The number of ketones is 1. The van der Waals surface area contributed by atoms with Crippen molar-refractivity contribution in [2.75, 3.05) is 12.4 Å². The second-order valence-corrected chi connectivity index (χ2v) is 8.73. The number of rotatable bonds is 10. The van der Waals surface area contributed by atoms with Crippen LogP contribution < -0.4 is 15.4 Å². The van der Waals surface area contributed by atoms with Gasteiger partial charge in [-0.25, -0.2) is 0 Å². The topological polar surface area (TPSA) is 128 Å². The lowest BCUT2D eigenvalue weighted by Gasteiger charge is -2.12. The molecule has 0 bridgehead atoms. The molecule has 0 aliphatic heterocycles. The second-order valence-electron chi connectivity index (χ2n) is 8.73. The molecule has 0 unspecified atom stereocenters. The Balaban J connectivity index is 1.49. The molecule has 0 spiro atoms. The van der Waals surface area contributed by atoms with E-state index < -0.39 is 16.7 Å². The summed E-state index contributed by atoms with van der Waals surface area (Å²) in [6.45, 7) is 0. The summed E-state index contributed by atoms with van der Waals surface area (Å²) in [5.41, 5.74) is 2.30. The number of amides is 2. The molecule has 4 rings (SSSR count). The van der Waals surface area contributed by atoms with Gasteiger partial charge in [-0.3, -0.25) is 24.5 Å². The van der Waals surface area contributed by atoms with Crippen LogP contribution in [0, 0.1) is 10.1 Å². The SMILES string of the molecule is COc1ccc(/C=C/C(=O)c2ccc(NC(=O)/C(=C/c3ccc([N+](=O)[O-])cc3)NC(=O)c3ccccc3)cc2)cc1. The highest BCUT2D eigenvalue weighted by Gasteiger charge is 2.16. The number of hydrogen-bond acceptors (Lipinski definition) is 6. The van der Waals surface area contributed by atoms with Crippen molar-refractivity contribution in [3.8, 4) is 5.75 Å². The third-order valence-electron chi connectivity index (χ3n) is 5.91. The molecule has 2 N–H and O–H groups in total. The number of ether oxygens (including phenoxy) is 1. The van der Waals surface area contributed by atoms with Crippen LogP contribution in [0.2, 0.25) is 0 Å². The van der Waals surface area contributed by atoms with Crippen molar-refractivity contribution in [2.45, 2.75) is 0 Å².